The number of rotatable bonds is 50. The molecular weight excluding hydrogens is 1860 g/mol. The first-order chi connectivity index (χ1) is 74.3. The van der Waals surface area contributed by atoms with E-state index in [9.17, 15) is 5.53 Å². The van der Waals surface area contributed by atoms with Gasteiger partial charge < -0.3 is 74.8 Å². The number of fused-ring (bicyclic) bond motifs is 18. The van der Waals surface area contributed by atoms with E-state index in [0.29, 0.717) is 103 Å². The van der Waals surface area contributed by atoms with Gasteiger partial charge in [-0.25, -0.2) is 0 Å². The number of unbranched alkanes of at least 4 members (excludes halogenated alkanes) is 6. The van der Waals surface area contributed by atoms with Crippen molar-refractivity contribution in [2.45, 2.75) is 149 Å². The van der Waals surface area contributed by atoms with Crippen molar-refractivity contribution in [3.05, 3.63) is 420 Å². The minimum atomic E-state index is 0.0544. The van der Waals surface area contributed by atoms with Gasteiger partial charge in [0.2, 0.25) is 0 Å². The normalized spacial score (nSPS) is 11.7. The molecule has 23 rings (SSSR count). The molecule has 0 spiro atoms. The van der Waals surface area contributed by atoms with Crippen molar-refractivity contribution in [2.75, 3.05) is 39.6 Å². The number of aromatic nitrogens is 6. The second-order valence-corrected chi connectivity index (χ2v) is 39.1. The third-order valence-electron chi connectivity index (χ3n) is 29.0. The number of para-hydroxylation sites is 12. The quantitative estimate of drug-likeness (QED) is 0.0155. The number of ether oxygens (including phenoxy) is 10. The minimum Gasteiger partial charge on any atom is -0.493 e. The number of hydrogen-bond donors (Lipinski definition) is 0. The van der Waals surface area contributed by atoms with Crippen LogP contribution >= 0.6 is 0 Å². The average Bonchev–Trinajstić information content (AvgIpc) is 1.64. The molecule has 0 radical (unpaired) electrons. The molecule has 0 unspecified atom stereocenters. The molecule has 0 saturated heterocycles. The highest BCUT2D eigenvalue weighted by molar-refractivity contribution is 6.12. The number of azide groups is 1. The Bertz CT molecular complexity index is 7700. The predicted octanol–water partition coefficient (Wildman–Crippen LogP) is 32.6. The summed E-state index contributed by atoms with van der Waals surface area (Å²) in [7, 11) is 0. The van der Waals surface area contributed by atoms with Crippen LogP contribution in [0.25, 0.3) is 141 Å². The summed E-state index contributed by atoms with van der Waals surface area (Å²) in [4.78, 5) is 3.19. The standard InChI is InChI=1S/C131H121N9O10/c132-134-133-88-93-73-104(147-91-96-79-102(145-71-35-29-65-139-128-57-21-9-45-116(128)117-46-10-22-58-129(117)139)85-106(81-96)149-89-94-75-98(141-67-31-25-61-135-120-49-13-1-37-108(120)109-38-2-14-50-121(109)135)83-99(76-94)142-68-32-26-62-136-122-51-15-3-39-110(122)111-40-4-16-52-123(111)136)87-105(74-93)148-92-97-80-103(146-72-36-30-66-140-130-59-23-11-47-118(130)119-48-12-24-60-131(119)140)86-107(82-97)150-90-95-77-100(143-69-33-27-63-137-124-53-17-5-41-112(124)113-42-6-18-54-125(113)137)84-101(78-95)144-70-34-28-64-138-126-55-19-7-43-114(126)115-44-8-20-56-127(115)138/h1-24,37-60,73-87H,25-36,61-72,88-92H2. The second kappa shape index (κ2) is 45.9. The molecule has 750 valence electrons. The van der Waals surface area contributed by atoms with Gasteiger partial charge in [0.25, 0.3) is 0 Å². The van der Waals surface area contributed by atoms with Crippen LogP contribution in [0.15, 0.2) is 387 Å². The Morgan fingerprint density at radius 1 is 0.167 bits per heavy atom. The number of nitrogens with zero attached hydrogens (tertiary/aromatic N) is 9. The fraction of sp³-hybridized carbons (Fsp3) is 0.221. The van der Waals surface area contributed by atoms with Gasteiger partial charge in [-0.2, -0.15) is 0 Å². The lowest BCUT2D eigenvalue weighted by Crippen LogP contribution is -2.06. The van der Waals surface area contributed by atoms with Crippen molar-refractivity contribution in [1.82, 2.24) is 27.4 Å². The third-order valence-corrected chi connectivity index (χ3v) is 29.0. The molecule has 0 amide bonds. The van der Waals surface area contributed by atoms with Gasteiger partial charge in [0.15, 0.2) is 0 Å². The van der Waals surface area contributed by atoms with Crippen molar-refractivity contribution in [1.29, 1.82) is 0 Å². The summed E-state index contributed by atoms with van der Waals surface area (Å²) >= 11 is 0. The summed E-state index contributed by atoms with van der Waals surface area (Å²) in [6.07, 6.45) is 10.5. The molecule has 6 aromatic heterocycles. The fourth-order valence-electron chi connectivity index (χ4n) is 22.0. The van der Waals surface area contributed by atoms with Crippen molar-refractivity contribution in [3.8, 4) is 57.5 Å². The maximum absolute atomic E-state index is 9.82. The highest BCUT2D eigenvalue weighted by atomic mass is 16.5. The number of aryl methyl sites for hydroxylation is 6. The lowest BCUT2D eigenvalue weighted by atomic mass is 10.1. The van der Waals surface area contributed by atoms with Crippen molar-refractivity contribution >= 4 is 131 Å². The highest BCUT2D eigenvalue weighted by Crippen LogP contribution is 2.40. The third kappa shape index (κ3) is 21.7. The van der Waals surface area contributed by atoms with Crippen LogP contribution in [-0.4, -0.2) is 67.0 Å². The van der Waals surface area contributed by atoms with E-state index >= 15 is 0 Å². The topological polar surface area (TPSA) is 171 Å². The molecule has 0 aliphatic rings. The van der Waals surface area contributed by atoms with Crippen LogP contribution in [0.5, 0.6) is 57.5 Å². The van der Waals surface area contributed by atoms with Crippen LogP contribution in [0, 0.1) is 0 Å². The summed E-state index contributed by atoms with van der Waals surface area (Å²) in [6.45, 7) is 8.83. The lowest BCUT2D eigenvalue weighted by molar-refractivity contribution is 0.273. The molecule has 150 heavy (non-hydrogen) atoms. The summed E-state index contributed by atoms with van der Waals surface area (Å²) in [6, 6.07) is 134. The summed E-state index contributed by atoms with van der Waals surface area (Å²) in [5.41, 5.74) is 28.7. The van der Waals surface area contributed by atoms with E-state index in [2.05, 4.69) is 353 Å². The van der Waals surface area contributed by atoms with Gasteiger partial charge in [-0.3, -0.25) is 0 Å². The van der Waals surface area contributed by atoms with E-state index < -0.39 is 0 Å². The smallest absolute Gasteiger partial charge is 0.123 e. The highest BCUT2D eigenvalue weighted by Gasteiger charge is 2.21. The number of benzene rings is 17. The SMILES string of the molecule is [N-]=[N+]=NCc1cc(OCc2cc(OCCCCn3c4ccccc4c4ccccc43)cc(OCc3cc(OCCCCn4c5ccccc5c5ccccc54)cc(OCCCCn4c5ccccc5c5ccccc54)c3)c2)cc(OCc2cc(OCCCCn3c4ccccc4c4ccccc43)cc(OCc3cc(OCCCCn4c5ccccc5c5ccccc54)cc(OCCCCn4c5ccccc5c5ccccc54)c3)c2)c1. The minimum absolute atomic E-state index is 0.0544. The van der Waals surface area contributed by atoms with E-state index in [-0.39, 0.29) is 33.0 Å². The largest absolute Gasteiger partial charge is 0.493 e. The molecule has 0 fully saturated rings. The second-order valence-electron chi connectivity index (χ2n) is 39.1. The van der Waals surface area contributed by atoms with Crippen LogP contribution in [0.2, 0.25) is 0 Å². The van der Waals surface area contributed by atoms with Crippen LogP contribution in [0.3, 0.4) is 0 Å². The molecule has 0 aliphatic carbocycles. The fourth-order valence-corrected chi connectivity index (χ4v) is 22.0. The Balaban J connectivity index is 0.498. The molecule has 17 aromatic carbocycles. The van der Waals surface area contributed by atoms with E-state index in [4.69, 9.17) is 47.4 Å². The molecule has 23 aromatic rings. The average molecular weight is 1980 g/mol. The van der Waals surface area contributed by atoms with Gasteiger partial charge in [-0.15, -0.1) is 0 Å². The van der Waals surface area contributed by atoms with E-state index in [0.717, 1.165) is 139 Å². The first-order valence-corrected chi connectivity index (χ1v) is 53.1. The van der Waals surface area contributed by atoms with Gasteiger partial charge in [-0.05, 0) is 244 Å². The van der Waals surface area contributed by atoms with Crippen molar-refractivity contribution in [2.24, 2.45) is 5.11 Å². The van der Waals surface area contributed by atoms with Crippen LogP contribution in [0.1, 0.15) is 105 Å². The van der Waals surface area contributed by atoms with Gasteiger partial charge in [0.05, 0.1) is 46.2 Å². The number of hydrogen-bond acceptors (Lipinski definition) is 11. The van der Waals surface area contributed by atoms with Crippen LogP contribution in [-0.2, 0) is 72.2 Å². The predicted molar refractivity (Wildman–Crippen MR) is 607 cm³/mol. The van der Waals surface area contributed by atoms with E-state index in [1.54, 1.807) is 0 Å². The molecule has 19 heteroatoms. The lowest BCUT2D eigenvalue weighted by Gasteiger charge is -2.16. The first-order valence-electron chi connectivity index (χ1n) is 53.1. The Labute approximate surface area is 872 Å². The summed E-state index contributed by atoms with van der Waals surface area (Å²) < 4.78 is 82.7. The van der Waals surface area contributed by atoms with Crippen molar-refractivity contribution < 1.29 is 47.4 Å². The van der Waals surface area contributed by atoms with Gasteiger partial charge in [0.1, 0.15) is 83.9 Å². The zero-order valence-corrected chi connectivity index (χ0v) is 84.5. The molecule has 19 nitrogen and oxygen atoms in total. The molecular formula is C131H121N9O10. The molecule has 0 atom stereocenters. The maximum Gasteiger partial charge on any atom is 0.123 e. The van der Waals surface area contributed by atoms with Crippen LogP contribution < -0.4 is 47.4 Å². The monoisotopic (exact) mass is 1980 g/mol. The first kappa shape index (κ1) is 96.3. The van der Waals surface area contributed by atoms with Gasteiger partial charge in [-0.1, -0.05) is 224 Å². The summed E-state index contributed by atoms with van der Waals surface area (Å²) in [5, 5.41) is 19.2. The molecule has 0 N–H and O–H groups in total. The Hall–Kier alpha value is -17.2. The molecule has 0 bridgehead atoms. The molecule has 0 saturated carbocycles. The molecule has 6 heterocycles. The Kier molecular flexibility index (Phi) is 29.5. The maximum atomic E-state index is 9.82. The van der Waals surface area contributed by atoms with Crippen LogP contribution in [0.4, 0.5) is 0 Å². The van der Waals surface area contributed by atoms with E-state index in [1.165, 1.54) is 131 Å². The van der Waals surface area contributed by atoms with E-state index in [1.807, 2.05) is 66.7 Å². The van der Waals surface area contributed by atoms with Gasteiger partial charge >= 0.3 is 0 Å². The molecule has 0 aliphatic heterocycles. The zero-order chi connectivity index (χ0) is 101. The van der Waals surface area contributed by atoms with Gasteiger partial charge in [0, 0.05) is 205 Å². The Morgan fingerprint density at radius 2 is 0.307 bits per heavy atom. The summed E-state index contributed by atoms with van der Waals surface area (Å²) in [5.74, 6) is 6.35. The zero-order valence-electron chi connectivity index (χ0n) is 84.5. The Morgan fingerprint density at radius 3 is 0.460 bits per heavy atom. The van der Waals surface area contributed by atoms with Crippen molar-refractivity contribution in [3.63, 3.8) is 0 Å².